The number of urea groups is 1. The second-order valence-electron chi connectivity index (χ2n) is 5.67. The number of pyridine rings is 1. The maximum absolute atomic E-state index is 12.5. The number of hydrogen-bond donors (Lipinski definition) is 2. The molecule has 0 unspecified atom stereocenters. The number of benzene rings is 2. The van der Waals surface area contributed by atoms with Gasteiger partial charge in [-0.3, -0.25) is 4.98 Å². The van der Waals surface area contributed by atoms with Crippen molar-refractivity contribution >= 4 is 22.6 Å². The summed E-state index contributed by atoms with van der Waals surface area (Å²) >= 11 is 0. The molecule has 3 aromatic rings. The summed E-state index contributed by atoms with van der Waals surface area (Å²) in [7, 11) is 3.18. The fourth-order valence-corrected chi connectivity index (χ4v) is 2.60. The molecule has 0 spiro atoms. The Morgan fingerprint density at radius 3 is 2.80 bits per heavy atom. The van der Waals surface area contributed by atoms with Gasteiger partial charge in [0.25, 0.3) is 0 Å². The first-order chi connectivity index (χ1) is 12.1. The van der Waals surface area contributed by atoms with Crippen LogP contribution in [-0.4, -0.2) is 35.2 Å². The van der Waals surface area contributed by atoms with Crippen LogP contribution in [0.4, 0.5) is 10.5 Å². The molecule has 0 atom stereocenters. The molecule has 3 rings (SSSR count). The predicted octanol–water partition coefficient (Wildman–Crippen LogP) is 3.61. The smallest absolute Gasteiger partial charge is 0.321 e. The molecule has 0 saturated heterocycles. The standard InChI is InChI=1S/C19H19N3O3/c1-22(12-13-8-9-17(25-2)16(23)11-13)19(24)21-15-7-3-5-14-6-4-10-20-18(14)15/h3-11,23H,12H2,1-2H3,(H,21,24). The number of aromatic hydroxyl groups is 1. The number of amides is 2. The number of hydrogen-bond acceptors (Lipinski definition) is 4. The molecule has 1 aromatic heterocycles. The molecule has 6 heteroatoms. The summed E-state index contributed by atoms with van der Waals surface area (Å²) in [5, 5.41) is 13.7. The number of phenols is 1. The highest BCUT2D eigenvalue weighted by Crippen LogP contribution is 2.27. The summed E-state index contributed by atoms with van der Waals surface area (Å²) < 4.78 is 5.02. The molecular formula is C19H19N3O3. The normalized spacial score (nSPS) is 10.5. The number of anilines is 1. The third kappa shape index (κ3) is 3.63. The van der Waals surface area contributed by atoms with Crippen LogP contribution in [0.3, 0.4) is 0 Å². The van der Waals surface area contributed by atoms with Gasteiger partial charge in [0.1, 0.15) is 0 Å². The Morgan fingerprint density at radius 1 is 1.24 bits per heavy atom. The zero-order chi connectivity index (χ0) is 17.8. The molecule has 0 aliphatic heterocycles. The molecule has 2 amide bonds. The average Bonchev–Trinajstić information content (AvgIpc) is 2.62. The molecule has 0 radical (unpaired) electrons. The van der Waals surface area contributed by atoms with Crippen molar-refractivity contribution in [2.24, 2.45) is 0 Å². The minimum Gasteiger partial charge on any atom is -0.504 e. The lowest BCUT2D eigenvalue weighted by Gasteiger charge is -2.19. The Balaban J connectivity index is 1.73. The minimum atomic E-state index is -0.256. The van der Waals surface area contributed by atoms with Crippen molar-refractivity contribution in [1.82, 2.24) is 9.88 Å². The number of ether oxygens (including phenoxy) is 1. The van der Waals surface area contributed by atoms with E-state index in [1.165, 1.54) is 12.0 Å². The maximum atomic E-state index is 12.5. The SMILES string of the molecule is COc1ccc(CN(C)C(=O)Nc2cccc3cccnc23)cc1O. The first-order valence-corrected chi connectivity index (χ1v) is 7.80. The summed E-state index contributed by atoms with van der Waals surface area (Å²) in [6, 6.07) is 14.3. The fraction of sp³-hybridized carbons (Fsp3) is 0.158. The number of phenolic OH excluding ortho intramolecular Hbond substituents is 1. The van der Waals surface area contributed by atoms with Crippen LogP contribution < -0.4 is 10.1 Å². The predicted molar refractivity (Wildman–Crippen MR) is 96.9 cm³/mol. The van der Waals surface area contributed by atoms with Crippen LogP contribution in [0, 0.1) is 0 Å². The first-order valence-electron chi connectivity index (χ1n) is 7.80. The van der Waals surface area contributed by atoms with Gasteiger partial charge < -0.3 is 20.1 Å². The quantitative estimate of drug-likeness (QED) is 0.762. The van der Waals surface area contributed by atoms with E-state index in [4.69, 9.17) is 4.74 Å². The molecule has 128 valence electrons. The van der Waals surface area contributed by atoms with E-state index in [-0.39, 0.29) is 11.8 Å². The van der Waals surface area contributed by atoms with Crippen LogP contribution in [0.1, 0.15) is 5.56 Å². The van der Waals surface area contributed by atoms with E-state index in [0.29, 0.717) is 18.0 Å². The number of nitrogens with one attached hydrogen (secondary N) is 1. The third-order valence-corrected chi connectivity index (χ3v) is 3.88. The lowest BCUT2D eigenvalue weighted by atomic mass is 10.2. The van der Waals surface area contributed by atoms with Gasteiger partial charge in [0.15, 0.2) is 11.5 Å². The largest absolute Gasteiger partial charge is 0.504 e. The Morgan fingerprint density at radius 2 is 2.04 bits per heavy atom. The van der Waals surface area contributed by atoms with Gasteiger partial charge in [0.05, 0.1) is 18.3 Å². The van der Waals surface area contributed by atoms with Gasteiger partial charge >= 0.3 is 6.03 Å². The number of carbonyl (C=O) groups is 1. The summed E-state index contributed by atoms with van der Waals surface area (Å²) in [6.07, 6.45) is 1.70. The zero-order valence-corrected chi connectivity index (χ0v) is 14.1. The first kappa shape index (κ1) is 16.6. The van der Waals surface area contributed by atoms with Crippen molar-refractivity contribution in [3.63, 3.8) is 0 Å². The van der Waals surface area contributed by atoms with Crippen LogP contribution in [0.25, 0.3) is 10.9 Å². The van der Waals surface area contributed by atoms with Crippen LogP contribution in [0.5, 0.6) is 11.5 Å². The molecule has 2 N–H and O–H groups in total. The number of nitrogens with zero attached hydrogens (tertiary/aromatic N) is 2. The van der Waals surface area contributed by atoms with Crippen LogP contribution >= 0.6 is 0 Å². The summed E-state index contributed by atoms with van der Waals surface area (Å²) in [5.74, 6) is 0.449. The Kier molecular flexibility index (Phi) is 4.70. The highest BCUT2D eigenvalue weighted by Gasteiger charge is 2.12. The third-order valence-electron chi connectivity index (χ3n) is 3.88. The number of para-hydroxylation sites is 1. The van der Waals surface area contributed by atoms with E-state index < -0.39 is 0 Å². The van der Waals surface area contributed by atoms with E-state index in [1.54, 1.807) is 25.4 Å². The van der Waals surface area contributed by atoms with Gasteiger partial charge in [-0.2, -0.15) is 0 Å². The summed E-state index contributed by atoms with van der Waals surface area (Å²) in [6.45, 7) is 0.349. The highest BCUT2D eigenvalue weighted by atomic mass is 16.5. The summed E-state index contributed by atoms with van der Waals surface area (Å²) in [4.78, 5) is 18.3. The fourth-order valence-electron chi connectivity index (χ4n) is 2.60. The van der Waals surface area contributed by atoms with Gasteiger partial charge in [0, 0.05) is 25.2 Å². The van der Waals surface area contributed by atoms with E-state index >= 15 is 0 Å². The second kappa shape index (κ2) is 7.09. The van der Waals surface area contributed by atoms with Gasteiger partial charge in [-0.15, -0.1) is 0 Å². The van der Waals surface area contributed by atoms with Crippen LogP contribution in [0.2, 0.25) is 0 Å². The van der Waals surface area contributed by atoms with Crippen LogP contribution in [-0.2, 0) is 6.54 Å². The van der Waals surface area contributed by atoms with Gasteiger partial charge in [-0.25, -0.2) is 4.79 Å². The Labute approximate surface area is 145 Å². The van der Waals surface area contributed by atoms with Crippen LogP contribution in [0.15, 0.2) is 54.7 Å². The van der Waals surface area contributed by atoms with Crippen molar-refractivity contribution in [2.45, 2.75) is 6.54 Å². The van der Waals surface area contributed by atoms with E-state index in [0.717, 1.165) is 16.5 Å². The maximum Gasteiger partial charge on any atom is 0.321 e. The van der Waals surface area contributed by atoms with E-state index in [9.17, 15) is 9.90 Å². The molecular weight excluding hydrogens is 318 g/mol. The van der Waals surface area contributed by atoms with Gasteiger partial charge in [-0.1, -0.05) is 24.3 Å². The lowest BCUT2D eigenvalue weighted by molar-refractivity contribution is 0.220. The Hall–Kier alpha value is -3.28. The van der Waals surface area contributed by atoms with Crippen molar-refractivity contribution in [1.29, 1.82) is 0 Å². The Bertz CT molecular complexity index is 906. The number of carbonyl (C=O) groups excluding carboxylic acids is 1. The van der Waals surface area contributed by atoms with Gasteiger partial charge in [0.2, 0.25) is 0 Å². The number of rotatable bonds is 4. The molecule has 0 bridgehead atoms. The topological polar surface area (TPSA) is 74.7 Å². The molecule has 25 heavy (non-hydrogen) atoms. The average molecular weight is 337 g/mol. The molecule has 0 fully saturated rings. The molecule has 2 aromatic carbocycles. The number of fused-ring (bicyclic) bond motifs is 1. The van der Waals surface area contributed by atoms with Gasteiger partial charge in [-0.05, 0) is 29.8 Å². The number of methoxy groups -OCH3 is 1. The minimum absolute atomic E-state index is 0.0482. The highest BCUT2D eigenvalue weighted by molar-refractivity contribution is 5.99. The summed E-state index contributed by atoms with van der Waals surface area (Å²) in [5.41, 5.74) is 2.20. The van der Waals surface area contributed by atoms with Crippen molar-refractivity contribution in [3.8, 4) is 11.5 Å². The van der Waals surface area contributed by atoms with Crippen molar-refractivity contribution in [3.05, 3.63) is 60.3 Å². The monoisotopic (exact) mass is 337 g/mol. The number of aromatic nitrogens is 1. The lowest BCUT2D eigenvalue weighted by Crippen LogP contribution is -2.30. The molecule has 0 aliphatic rings. The van der Waals surface area contributed by atoms with E-state index in [1.807, 2.05) is 36.4 Å². The molecule has 1 heterocycles. The molecule has 6 nitrogen and oxygen atoms in total. The molecule has 0 aliphatic carbocycles. The van der Waals surface area contributed by atoms with Crippen molar-refractivity contribution < 1.29 is 14.6 Å². The molecule has 0 saturated carbocycles. The zero-order valence-electron chi connectivity index (χ0n) is 14.1. The van der Waals surface area contributed by atoms with Crippen molar-refractivity contribution in [2.75, 3.05) is 19.5 Å². The second-order valence-corrected chi connectivity index (χ2v) is 5.67. The van der Waals surface area contributed by atoms with E-state index in [2.05, 4.69) is 10.3 Å².